The summed E-state index contributed by atoms with van der Waals surface area (Å²) in [6.45, 7) is -0.283. The van der Waals surface area contributed by atoms with Crippen LogP contribution in [0.2, 0.25) is 0 Å². The second kappa shape index (κ2) is 4.20. The van der Waals surface area contributed by atoms with Crippen molar-refractivity contribution in [2.75, 3.05) is 12.3 Å². The van der Waals surface area contributed by atoms with Crippen LogP contribution in [0, 0.1) is 0 Å². The van der Waals surface area contributed by atoms with Crippen molar-refractivity contribution in [3.63, 3.8) is 0 Å². The average molecular weight is 228 g/mol. The highest BCUT2D eigenvalue weighted by Gasteiger charge is 2.34. The molecule has 16 heavy (non-hydrogen) atoms. The number of aromatic nitrogens is 2. The van der Waals surface area contributed by atoms with Gasteiger partial charge in [-0.05, 0) is 6.07 Å². The Morgan fingerprint density at radius 1 is 1.69 bits per heavy atom. The molecule has 1 fully saturated rings. The molecule has 1 aliphatic rings. The van der Waals surface area contributed by atoms with E-state index in [9.17, 15) is 9.90 Å². The quantitative estimate of drug-likeness (QED) is 0.529. The number of nitrogens with two attached hydrogens (primary N) is 1. The first-order chi connectivity index (χ1) is 7.61. The second-order valence-corrected chi connectivity index (χ2v) is 3.66. The molecule has 0 unspecified atom stereocenters. The van der Waals surface area contributed by atoms with Crippen molar-refractivity contribution < 1.29 is 14.9 Å². The molecule has 7 heteroatoms. The van der Waals surface area contributed by atoms with Gasteiger partial charge in [0, 0.05) is 12.6 Å². The highest BCUT2D eigenvalue weighted by molar-refractivity contribution is 5.23. The Hall–Kier alpha value is -1.44. The molecule has 2 rings (SSSR count). The molecular weight excluding hydrogens is 215 g/mol. The van der Waals surface area contributed by atoms with E-state index in [1.165, 1.54) is 16.8 Å². The number of aliphatic hydroxyl groups excluding tert-OH is 2. The minimum absolute atomic E-state index is 0.138. The van der Waals surface area contributed by atoms with Crippen molar-refractivity contribution in [1.29, 1.82) is 0 Å². The molecule has 0 aliphatic carbocycles. The first-order valence-corrected chi connectivity index (χ1v) is 4.91. The van der Waals surface area contributed by atoms with Crippen LogP contribution < -0.4 is 11.4 Å². The van der Waals surface area contributed by atoms with Crippen molar-refractivity contribution in [2.24, 2.45) is 0 Å². The molecule has 0 bridgehead atoms. The molecule has 0 saturated carbocycles. The van der Waals surface area contributed by atoms with Gasteiger partial charge in [-0.1, -0.05) is 0 Å². The number of hydrogen-bond donors (Lipinski definition) is 3. The fourth-order valence-electron chi connectivity index (χ4n) is 1.70. The molecule has 1 saturated heterocycles. The molecule has 0 radical (unpaired) electrons. The number of hydrogen-bond acceptors (Lipinski definition) is 6. The molecule has 0 spiro atoms. The third kappa shape index (κ3) is 1.92. The number of nitrogens with zero attached hydrogens (tertiary/aromatic N) is 2. The first kappa shape index (κ1) is 11.1. The number of rotatable bonds is 2. The minimum Gasteiger partial charge on any atom is -0.394 e. The molecule has 0 aromatic carbocycles. The third-order valence-electron chi connectivity index (χ3n) is 2.55. The topological polar surface area (TPSA) is 111 Å². The monoisotopic (exact) mass is 228 g/mol. The van der Waals surface area contributed by atoms with Gasteiger partial charge < -0.3 is 20.7 Å². The molecule has 0 amide bonds. The van der Waals surface area contributed by atoms with Crippen LogP contribution in [0.15, 0.2) is 17.1 Å². The van der Waals surface area contributed by atoms with Gasteiger partial charge in [0.1, 0.15) is 18.1 Å². The Labute approximate surface area is 91.1 Å². The van der Waals surface area contributed by atoms with E-state index in [1.54, 1.807) is 0 Å². The van der Waals surface area contributed by atoms with Crippen LogP contribution >= 0.6 is 0 Å². The predicted octanol–water partition coefficient (Wildman–Crippen LogP) is -1.53. The van der Waals surface area contributed by atoms with E-state index in [0.29, 0.717) is 0 Å². The van der Waals surface area contributed by atoms with Gasteiger partial charge in [0.25, 0.3) is 0 Å². The summed E-state index contributed by atoms with van der Waals surface area (Å²) in [6.07, 6.45) is -0.333. The van der Waals surface area contributed by atoms with Crippen LogP contribution in [0.3, 0.4) is 0 Å². The maximum absolute atomic E-state index is 11.5. The lowest BCUT2D eigenvalue weighted by Crippen LogP contribution is -2.27. The summed E-state index contributed by atoms with van der Waals surface area (Å²) in [5.74, 6) is 0.138. The normalized spacial score (nSPS) is 29.5. The SMILES string of the molecule is [15NH2]c1ccn([C@H]2C[C@H](O)[C@@H](CO)O2)c(=O)n1. The van der Waals surface area contributed by atoms with Crippen LogP contribution in [-0.2, 0) is 4.74 Å². The zero-order valence-electron chi connectivity index (χ0n) is 8.48. The lowest BCUT2D eigenvalue weighted by molar-refractivity contribution is -0.0458. The summed E-state index contributed by atoms with van der Waals surface area (Å²) in [6, 6.07) is 1.48. The summed E-state index contributed by atoms with van der Waals surface area (Å²) in [5.41, 5.74) is 4.82. The van der Waals surface area contributed by atoms with Crippen LogP contribution in [0.4, 0.5) is 5.82 Å². The smallest absolute Gasteiger partial charge is 0.351 e. The van der Waals surface area contributed by atoms with E-state index in [1.807, 2.05) is 0 Å². The summed E-state index contributed by atoms with van der Waals surface area (Å²) in [5, 5.41) is 18.4. The Kier molecular flexibility index (Phi) is 2.90. The van der Waals surface area contributed by atoms with Crippen LogP contribution in [0.25, 0.3) is 0 Å². The predicted molar refractivity (Wildman–Crippen MR) is 54.5 cm³/mol. The van der Waals surface area contributed by atoms with Gasteiger partial charge in [-0.25, -0.2) is 4.79 Å². The Bertz CT molecular complexity index is 433. The van der Waals surface area contributed by atoms with Gasteiger partial charge in [-0.15, -0.1) is 0 Å². The lowest BCUT2D eigenvalue weighted by Gasteiger charge is -2.13. The zero-order chi connectivity index (χ0) is 11.7. The van der Waals surface area contributed by atoms with E-state index in [0.717, 1.165) is 0 Å². The second-order valence-electron chi connectivity index (χ2n) is 3.66. The first-order valence-electron chi connectivity index (χ1n) is 4.91. The fraction of sp³-hybridized carbons (Fsp3) is 0.556. The molecule has 7 nitrogen and oxygen atoms in total. The highest BCUT2D eigenvalue weighted by Crippen LogP contribution is 2.27. The van der Waals surface area contributed by atoms with Gasteiger partial charge >= 0.3 is 5.69 Å². The van der Waals surface area contributed by atoms with Gasteiger partial charge in [0.2, 0.25) is 0 Å². The largest absolute Gasteiger partial charge is 0.394 e. The Balaban J connectivity index is 2.23. The zero-order valence-corrected chi connectivity index (χ0v) is 8.48. The molecule has 4 N–H and O–H groups in total. The van der Waals surface area contributed by atoms with E-state index < -0.39 is 24.1 Å². The highest BCUT2D eigenvalue weighted by atomic mass is 16.5. The van der Waals surface area contributed by atoms with Crippen molar-refractivity contribution in [1.82, 2.24) is 9.55 Å². The minimum atomic E-state index is -0.778. The molecule has 1 aromatic rings. The fourth-order valence-corrected chi connectivity index (χ4v) is 1.70. The van der Waals surface area contributed by atoms with E-state index in [4.69, 9.17) is 15.6 Å². The maximum atomic E-state index is 11.5. The van der Waals surface area contributed by atoms with Crippen molar-refractivity contribution in [2.45, 2.75) is 24.9 Å². The molecule has 1 aromatic heterocycles. The molecule has 3 atom stereocenters. The number of anilines is 1. The molecular formula is C9H13N3O4. The van der Waals surface area contributed by atoms with Crippen LogP contribution in [0.5, 0.6) is 0 Å². The van der Waals surface area contributed by atoms with Gasteiger partial charge in [0.15, 0.2) is 0 Å². The van der Waals surface area contributed by atoms with Gasteiger partial charge in [0.05, 0.1) is 12.7 Å². The maximum Gasteiger partial charge on any atom is 0.351 e. The van der Waals surface area contributed by atoms with Crippen LogP contribution in [0.1, 0.15) is 12.6 Å². The van der Waals surface area contributed by atoms with E-state index in [2.05, 4.69) is 4.98 Å². The lowest BCUT2D eigenvalue weighted by atomic mass is 10.2. The Morgan fingerprint density at radius 3 is 3.00 bits per heavy atom. The van der Waals surface area contributed by atoms with Crippen molar-refractivity contribution >= 4 is 5.82 Å². The number of nitrogen functional groups attached to an aromatic ring is 1. The Morgan fingerprint density at radius 2 is 2.44 bits per heavy atom. The van der Waals surface area contributed by atoms with E-state index >= 15 is 0 Å². The molecule has 2 heterocycles. The average Bonchev–Trinajstić information content (AvgIpc) is 2.59. The molecule has 1 aliphatic heterocycles. The number of ether oxygens (including phenoxy) is 1. The summed E-state index contributed by atoms with van der Waals surface area (Å²) in [4.78, 5) is 15.0. The van der Waals surface area contributed by atoms with Crippen molar-refractivity contribution in [3.05, 3.63) is 22.7 Å². The standard InChI is InChI=1S/C9H13N3O4/c10-7-1-2-12(9(15)11-7)8-3-5(14)6(4-13)16-8/h1-2,5-6,8,13-14H,3-4H2,(H2,10,11,15)/t5-,6+,8+/m0/s1/i10+1. The summed E-state index contributed by atoms with van der Waals surface area (Å²) < 4.78 is 6.56. The van der Waals surface area contributed by atoms with Gasteiger partial charge in [-0.2, -0.15) is 4.98 Å². The van der Waals surface area contributed by atoms with Crippen LogP contribution in [-0.4, -0.2) is 38.6 Å². The number of aliphatic hydroxyl groups is 2. The third-order valence-corrected chi connectivity index (χ3v) is 2.55. The molecule has 88 valence electrons. The summed E-state index contributed by atoms with van der Waals surface area (Å²) >= 11 is 0. The van der Waals surface area contributed by atoms with Gasteiger partial charge in [-0.3, -0.25) is 4.57 Å². The van der Waals surface area contributed by atoms with E-state index in [-0.39, 0.29) is 18.8 Å². The van der Waals surface area contributed by atoms with Crippen molar-refractivity contribution in [3.8, 4) is 0 Å². The summed E-state index contributed by atoms with van der Waals surface area (Å²) in [7, 11) is 0.